The van der Waals surface area contributed by atoms with Gasteiger partial charge in [0.25, 0.3) is 5.91 Å². The van der Waals surface area contributed by atoms with Crippen LogP contribution in [0.25, 0.3) is 0 Å². The van der Waals surface area contributed by atoms with Crippen LogP contribution in [0.4, 0.5) is 5.69 Å². The number of nitrogens with zero attached hydrogens (tertiary/aromatic N) is 2. The second kappa shape index (κ2) is 6.56. The Bertz CT molecular complexity index is 651. The fourth-order valence-corrected chi connectivity index (χ4v) is 1.69. The molecular weight excluding hydrogens is 272 g/mol. The molecule has 1 heterocycles. The van der Waals surface area contributed by atoms with E-state index in [0.717, 1.165) is 0 Å². The minimum atomic E-state index is -0.392. The Hall–Kier alpha value is -2.83. The van der Waals surface area contributed by atoms with Crippen LogP contribution < -0.4 is 15.4 Å². The highest BCUT2D eigenvalue weighted by molar-refractivity contribution is 5.98. The third kappa shape index (κ3) is 4.07. The number of amides is 2. The van der Waals surface area contributed by atoms with E-state index < -0.39 is 5.91 Å². The lowest BCUT2D eigenvalue weighted by Gasteiger charge is -2.07. The van der Waals surface area contributed by atoms with E-state index in [0.29, 0.717) is 11.4 Å². The zero-order valence-electron chi connectivity index (χ0n) is 11.8. The van der Waals surface area contributed by atoms with Crippen LogP contribution >= 0.6 is 0 Å². The smallest absolute Gasteiger partial charge is 0.272 e. The number of hydrogen-bond acceptors (Lipinski definition) is 4. The van der Waals surface area contributed by atoms with Gasteiger partial charge in [0.2, 0.25) is 5.91 Å². The lowest BCUT2D eigenvalue weighted by molar-refractivity contribution is -0.115. The van der Waals surface area contributed by atoms with Crippen LogP contribution in [0.15, 0.2) is 36.5 Å². The summed E-state index contributed by atoms with van der Waals surface area (Å²) < 4.78 is 6.58. The number of nitrogens with one attached hydrogen (secondary N) is 2. The van der Waals surface area contributed by atoms with E-state index in [4.69, 9.17) is 4.74 Å². The van der Waals surface area contributed by atoms with Crippen molar-refractivity contribution >= 4 is 17.5 Å². The lowest BCUT2D eigenvalue weighted by atomic mass is 10.3. The van der Waals surface area contributed by atoms with Gasteiger partial charge in [-0.15, -0.1) is 0 Å². The van der Waals surface area contributed by atoms with Gasteiger partial charge in [0, 0.05) is 25.0 Å². The molecule has 1 aromatic heterocycles. The van der Waals surface area contributed by atoms with Crippen LogP contribution in [0.1, 0.15) is 10.5 Å². The summed E-state index contributed by atoms with van der Waals surface area (Å²) >= 11 is 0. The van der Waals surface area contributed by atoms with Gasteiger partial charge < -0.3 is 15.4 Å². The molecule has 7 nitrogen and oxygen atoms in total. The monoisotopic (exact) mass is 288 g/mol. The number of aromatic nitrogens is 2. The third-order valence-corrected chi connectivity index (χ3v) is 2.71. The maximum atomic E-state index is 11.8. The maximum Gasteiger partial charge on any atom is 0.272 e. The summed E-state index contributed by atoms with van der Waals surface area (Å²) in [4.78, 5) is 23.5. The van der Waals surface area contributed by atoms with E-state index in [-0.39, 0.29) is 18.1 Å². The average Bonchev–Trinajstić information content (AvgIpc) is 2.91. The summed E-state index contributed by atoms with van der Waals surface area (Å²) in [5.74, 6) is -0.0748. The number of carbonyl (C=O) groups is 2. The molecule has 0 saturated carbocycles. The highest BCUT2D eigenvalue weighted by Crippen LogP contribution is 2.16. The summed E-state index contributed by atoms with van der Waals surface area (Å²) in [6.45, 7) is -0.132. The van der Waals surface area contributed by atoms with E-state index >= 15 is 0 Å². The number of methoxy groups -OCH3 is 1. The molecule has 0 atom stereocenters. The molecule has 2 amide bonds. The molecule has 0 radical (unpaired) electrons. The summed E-state index contributed by atoms with van der Waals surface area (Å²) in [5.41, 5.74) is 0.873. The van der Waals surface area contributed by atoms with Crippen molar-refractivity contribution in [2.45, 2.75) is 0 Å². The predicted octanol–water partition coefficient (Wildman–Crippen LogP) is 0.797. The van der Waals surface area contributed by atoms with Crippen molar-refractivity contribution in [3.63, 3.8) is 0 Å². The molecule has 0 unspecified atom stereocenters. The van der Waals surface area contributed by atoms with Crippen LogP contribution in [0.3, 0.4) is 0 Å². The molecule has 110 valence electrons. The van der Waals surface area contributed by atoms with Gasteiger partial charge in [0.05, 0.1) is 13.7 Å². The molecule has 0 aliphatic rings. The van der Waals surface area contributed by atoms with Gasteiger partial charge in [0.15, 0.2) is 0 Å². The first kappa shape index (κ1) is 14.6. The Morgan fingerprint density at radius 1 is 1.33 bits per heavy atom. The molecule has 0 aliphatic carbocycles. The Morgan fingerprint density at radius 3 is 2.81 bits per heavy atom. The second-order valence-corrected chi connectivity index (χ2v) is 4.34. The fraction of sp³-hybridized carbons (Fsp3) is 0.214. The van der Waals surface area contributed by atoms with Crippen molar-refractivity contribution < 1.29 is 14.3 Å². The molecule has 1 aromatic carbocycles. The number of rotatable bonds is 5. The first-order valence-corrected chi connectivity index (χ1v) is 6.30. The van der Waals surface area contributed by atoms with Crippen molar-refractivity contribution in [3.05, 3.63) is 42.2 Å². The van der Waals surface area contributed by atoms with Gasteiger partial charge in [0.1, 0.15) is 11.4 Å². The van der Waals surface area contributed by atoms with Gasteiger partial charge in [-0.2, -0.15) is 5.10 Å². The number of carbonyl (C=O) groups excluding carboxylic acids is 2. The van der Waals surface area contributed by atoms with Gasteiger partial charge in [-0.25, -0.2) is 0 Å². The highest BCUT2D eigenvalue weighted by Gasteiger charge is 2.10. The first-order valence-electron chi connectivity index (χ1n) is 6.30. The molecule has 2 N–H and O–H groups in total. The minimum Gasteiger partial charge on any atom is -0.497 e. The van der Waals surface area contributed by atoms with Gasteiger partial charge >= 0.3 is 0 Å². The van der Waals surface area contributed by atoms with Crippen LogP contribution in [0.2, 0.25) is 0 Å². The molecule has 0 bridgehead atoms. The van der Waals surface area contributed by atoms with E-state index in [1.807, 2.05) is 0 Å². The zero-order valence-corrected chi connectivity index (χ0v) is 11.8. The summed E-state index contributed by atoms with van der Waals surface area (Å²) in [7, 11) is 3.26. The summed E-state index contributed by atoms with van der Waals surface area (Å²) in [6, 6.07) is 8.55. The highest BCUT2D eigenvalue weighted by atomic mass is 16.5. The van der Waals surface area contributed by atoms with Crippen molar-refractivity contribution in [2.75, 3.05) is 19.0 Å². The maximum absolute atomic E-state index is 11.8. The standard InChI is InChI=1S/C14H16N4O3/c1-18-7-6-12(17-18)14(20)15-9-13(19)16-10-4-3-5-11(8-10)21-2/h3-8H,9H2,1-2H3,(H,15,20)(H,16,19). The van der Waals surface area contributed by atoms with E-state index in [1.54, 1.807) is 50.7 Å². The molecule has 0 spiro atoms. The van der Waals surface area contributed by atoms with Crippen LogP contribution in [-0.4, -0.2) is 35.2 Å². The first-order chi connectivity index (χ1) is 10.1. The normalized spacial score (nSPS) is 10.0. The fourth-order valence-electron chi connectivity index (χ4n) is 1.69. The molecule has 2 aromatic rings. The SMILES string of the molecule is COc1cccc(NC(=O)CNC(=O)c2ccn(C)n2)c1. The minimum absolute atomic E-state index is 0.132. The Balaban J connectivity index is 1.85. The number of benzene rings is 1. The second-order valence-electron chi connectivity index (χ2n) is 4.34. The topological polar surface area (TPSA) is 85.3 Å². The number of hydrogen-bond donors (Lipinski definition) is 2. The zero-order chi connectivity index (χ0) is 15.2. The van der Waals surface area contributed by atoms with E-state index in [9.17, 15) is 9.59 Å². The van der Waals surface area contributed by atoms with Crippen molar-refractivity contribution in [2.24, 2.45) is 7.05 Å². The molecule has 21 heavy (non-hydrogen) atoms. The average molecular weight is 288 g/mol. The van der Waals surface area contributed by atoms with Crippen LogP contribution in [-0.2, 0) is 11.8 Å². The Kier molecular flexibility index (Phi) is 4.55. The van der Waals surface area contributed by atoms with Gasteiger partial charge in [-0.1, -0.05) is 6.07 Å². The molecule has 0 aliphatic heterocycles. The quantitative estimate of drug-likeness (QED) is 0.852. The number of aryl methyl sites for hydroxylation is 1. The van der Waals surface area contributed by atoms with E-state index in [1.165, 1.54) is 4.68 Å². The van der Waals surface area contributed by atoms with Crippen molar-refractivity contribution in [1.82, 2.24) is 15.1 Å². The molecule has 0 fully saturated rings. The number of anilines is 1. The van der Waals surface area contributed by atoms with Crippen LogP contribution in [0, 0.1) is 0 Å². The van der Waals surface area contributed by atoms with Crippen molar-refractivity contribution in [1.29, 1.82) is 0 Å². The third-order valence-electron chi connectivity index (χ3n) is 2.71. The van der Waals surface area contributed by atoms with Crippen molar-refractivity contribution in [3.8, 4) is 5.75 Å². The number of ether oxygens (including phenoxy) is 1. The summed E-state index contributed by atoms with van der Waals surface area (Å²) in [6.07, 6.45) is 1.66. The molecule has 7 heteroatoms. The Labute approximate surface area is 121 Å². The lowest BCUT2D eigenvalue weighted by Crippen LogP contribution is -2.33. The Morgan fingerprint density at radius 2 is 2.14 bits per heavy atom. The largest absolute Gasteiger partial charge is 0.497 e. The van der Waals surface area contributed by atoms with Gasteiger partial charge in [-0.05, 0) is 18.2 Å². The van der Waals surface area contributed by atoms with Crippen LogP contribution in [0.5, 0.6) is 5.75 Å². The summed E-state index contributed by atoms with van der Waals surface area (Å²) in [5, 5.41) is 9.12. The molecular formula is C14H16N4O3. The van der Waals surface area contributed by atoms with Gasteiger partial charge in [-0.3, -0.25) is 14.3 Å². The molecule has 0 saturated heterocycles. The predicted molar refractivity (Wildman–Crippen MR) is 77.2 cm³/mol. The molecule has 2 rings (SSSR count). The van der Waals surface area contributed by atoms with E-state index in [2.05, 4.69) is 15.7 Å².